The van der Waals surface area contributed by atoms with Crippen LogP contribution in [0.2, 0.25) is 0 Å². The minimum Gasteiger partial charge on any atom is -0.492 e. The zero-order valence-corrected chi connectivity index (χ0v) is 16.5. The first-order valence-electron chi connectivity index (χ1n) is 7.43. The number of amides is 1. The summed E-state index contributed by atoms with van der Waals surface area (Å²) >= 11 is 2.36. The van der Waals surface area contributed by atoms with Crippen molar-refractivity contribution in [1.82, 2.24) is 0 Å². The second-order valence-electron chi connectivity index (χ2n) is 5.38. The summed E-state index contributed by atoms with van der Waals surface area (Å²) in [6.45, 7) is 1.78. The number of nitroso groups, excluding NO2 is 1. The molecule has 26 heavy (non-hydrogen) atoms. The van der Waals surface area contributed by atoms with Gasteiger partial charge in [-0.05, 0) is 48.0 Å². The van der Waals surface area contributed by atoms with Gasteiger partial charge in [0.05, 0.1) is 16.2 Å². The topological polar surface area (TPSA) is 102 Å². The molecule has 1 aromatic heterocycles. The van der Waals surface area contributed by atoms with Crippen LogP contribution in [0.25, 0.3) is 10.1 Å². The van der Waals surface area contributed by atoms with E-state index < -0.39 is 24.7 Å². The van der Waals surface area contributed by atoms with Crippen molar-refractivity contribution in [1.29, 1.82) is 0 Å². The summed E-state index contributed by atoms with van der Waals surface area (Å²) in [5.74, 6) is 0.429. The van der Waals surface area contributed by atoms with Gasteiger partial charge in [0.15, 0.2) is 0 Å². The third-order valence-electron chi connectivity index (χ3n) is 3.64. The van der Waals surface area contributed by atoms with Crippen LogP contribution in [0.4, 0.5) is 8.78 Å². The molecule has 142 valence electrons. The number of ether oxygens (including phenoxy) is 1. The number of thioether (sulfide) groups is 1. The van der Waals surface area contributed by atoms with Crippen LogP contribution in [0, 0.1) is 11.8 Å². The van der Waals surface area contributed by atoms with Gasteiger partial charge in [0.2, 0.25) is 5.91 Å². The Kier molecular flexibility index (Phi) is 6.90. The molecule has 0 saturated carbocycles. The Bertz CT molecular complexity index is 832. The minimum absolute atomic E-state index is 0.132. The molecule has 1 amide bonds. The Morgan fingerprint density at radius 2 is 2.19 bits per heavy atom. The molecule has 0 spiro atoms. The quantitative estimate of drug-likeness (QED) is 0.350. The molecule has 6 nitrogen and oxygen atoms in total. The van der Waals surface area contributed by atoms with Crippen LogP contribution in [0.3, 0.4) is 0 Å². The number of rotatable bonds is 9. The van der Waals surface area contributed by atoms with E-state index in [4.69, 9.17) is 10.5 Å². The summed E-state index contributed by atoms with van der Waals surface area (Å²) in [5, 5.41) is 0.371. The molecule has 1 heterocycles. The highest BCUT2D eigenvalue weighted by Gasteiger charge is 2.46. The Hall–Kier alpha value is -1.35. The van der Waals surface area contributed by atoms with E-state index in [-0.39, 0.29) is 16.9 Å². The molecule has 0 fully saturated rings. The number of thiophene rings is 1. The van der Waals surface area contributed by atoms with Crippen LogP contribution in [0.15, 0.2) is 17.1 Å². The maximum Gasteiger partial charge on any atom is 0.347 e. The summed E-state index contributed by atoms with van der Waals surface area (Å²) < 4.78 is 34.8. The molecule has 1 aromatic carbocycles. The number of halogens is 2. The Morgan fingerprint density at radius 1 is 1.50 bits per heavy atom. The predicted molar refractivity (Wildman–Crippen MR) is 102 cm³/mol. The molecular formula is C15H17F2N2O4PS2. The number of benzene rings is 1. The van der Waals surface area contributed by atoms with E-state index in [9.17, 15) is 23.4 Å². The number of primary amides is 1. The molecule has 3 N–H and O–H groups in total. The van der Waals surface area contributed by atoms with Gasteiger partial charge in [-0.3, -0.25) is 4.79 Å². The van der Waals surface area contributed by atoms with Crippen LogP contribution >= 0.6 is 31.4 Å². The number of aryl methyl sites for hydroxylation is 1. The van der Waals surface area contributed by atoms with E-state index in [1.165, 1.54) is 19.1 Å². The average Bonchev–Trinajstić information content (AvgIpc) is 2.95. The van der Waals surface area contributed by atoms with Gasteiger partial charge < -0.3 is 15.4 Å². The van der Waals surface area contributed by atoms with Gasteiger partial charge in [0.1, 0.15) is 5.75 Å². The molecule has 0 aliphatic heterocycles. The lowest BCUT2D eigenvalue weighted by Gasteiger charge is -2.15. The van der Waals surface area contributed by atoms with E-state index in [1.807, 2.05) is 6.26 Å². The lowest BCUT2D eigenvalue weighted by atomic mass is 10.1. The van der Waals surface area contributed by atoms with Crippen molar-refractivity contribution in [3.8, 4) is 5.75 Å². The van der Waals surface area contributed by atoms with Crippen molar-refractivity contribution >= 4 is 47.4 Å². The fraction of sp³-hybridized carbons (Fsp3) is 0.400. The van der Waals surface area contributed by atoms with Gasteiger partial charge in [0.25, 0.3) is 8.30 Å². The minimum atomic E-state index is -3.78. The van der Waals surface area contributed by atoms with E-state index >= 15 is 0 Å². The van der Waals surface area contributed by atoms with E-state index in [2.05, 4.69) is 4.95 Å². The molecule has 0 saturated heterocycles. The summed E-state index contributed by atoms with van der Waals surface area (Å²) in [6.07, 6.45) is 2.70. The Balaban J connectivity index is 2.58. The summed E-state index contributed by atoms with van der Waals surface area (Å²) in [4.78, 5) is 33.0. The molecular weight excluding hydrogens is 405 g/mol. The van der Waals surface area contributed by atoms with E-state index in [0.717, 1.165) is 12.2 Å². The highest BCUT2D eigenvalue weighted by atomic mass is 32.2. The maximum atomic E-state index is 14.4. The third-order valence-corrected chi connectivity index (χ3v) is 6.76. The highest BCUT2D eigenvalue weighted by molar-refractivity contribution is 7.98. The normalized spacial score (nSPS) is 13.0. The molecule has 0 radical (unpaired) electrons. The van der Waals surface area contributed by atoms with Gasteiger partial charge in [-0.15, -0.1) is 16.2 Å². The molecule has 11 heteroatoms. The van der Waals surface area contributed by atoms with E-state index in [1.54, 1.807) is 11.8 Å². The number of alkyl halides is 2. The number of fused-ring (bicyclic) bond motifs is 1. The molecule has 0 aliphatic carbocycles. The van der Waals surface area contributed by atoms with Crippen LogP contribution in [-0.4, -0.2) is 29.4 Å². The first kappa shape index (κ1) is 21.0. The Morgan fingerprint density at radius 3 is 2.77 bits per heavy atom. The number of hydrogen-bond donors (Lipinski definition) is 2. The summed E-state index contributed by atoms with van der Waals surface area (Å²) in [5.41, 5.74) is 1.83. The smallest absolute Gasteiger partial charge is 0.347 e. The second-order valence-corrected chi connectivity index (χ2v) is 8.69. The first-order valence-corrected chi connectivity index (χ1v) is 10.9. The summed E-state index contributed by atoms with van der Waals surface area (Å²) in [7, 11) is -3.39. The summed E-state index contributed by atoms with van der Waals surface area (Å²) in [6, 6.07) is 2.83. The van der Waals surface area contributed by atoms with E-state index in [0.29, 0.717) is 28.0 Å². The van der Waals surface area contributed by atoms with Crippen LogP contribution in [0.5, 0.6) is 5.75 Å². The zero-order valence-electron chi connectivity index (χ0n) is 14.0. The first-order chi connectivity index (χ1) is 12.2. The lowest BCUT2D eigenvalue weighted by molar-refractivity contribution is 0.0901. The van der Waals surface area contributed by atoms with Crippen molar-refractivity contribution in [2.24, 2.45) is 10.7 Å². The number of carbonyl (C=O) groups excluding carboxylic acids is 1. The van der Waals surface area contributed by atoms with Gasteiger partial charge in [-0.2, -0.15) is 20.5 Å². The standard InChI is InChI=1S/C15H17F2N2O4PS2/c1-8-10-6-9(14(18)20)7-11(23-4-3-5-25-2)12(10)26-13(8)15(16,17)24(22)19-21/h6-7,22H,3-5H2,1-2H3,(H2,18,20). The van der Waals surface area contributed by atoms with Crippen LogP contribution < -0.4 is 10.5 Å². The highest BCUT2D eigenvalue weighted by Crippen LogP contribution is 2.60. The third kappa shape index (κ3) is 4.14. The molecule has 0 aliphatic rings. The molecule has 1 atom stereocenters. The largest absolute Gasteiger partial charge is 0.492 e. The number of hydrogen-bond acceptors (Lipinski definition) is 7. The SMILES string of the molecule is CSCCCOc1cc(C(N)=O)cc2c(C)c(C(F)(F)P(O)N=O)sc12. The van der Waals surface area contributed by atoms with Gasteiger partial charge in [-0.1, -0.05) is 0 Å². The fourth-order valence-electron chi connectivity index (χ4n) is 2.35. The predicted octanol–water partition coefficient (Wildman–Crippen LogP) is 4.56. The lowest BCUT2D eigenvalue weighted by Crippen LogP contribution is -2.11. The molecule has 2 rings (SSSR count). The van der Waals surface area contributed by atoms with Crippen molar-refractivity contribution in [3.63, 3.8) is 0 Å². The monoisotopic (exact) mass is 422 g/mol. The van der Waals surface area contributed by atoms with Crippen molar-refractivity contribution in [2.45, 2.75) is 19.0 Å². The second kappa shape index (κ2) is 8.56. The number of carbonyl (C=O) groups is 1. The maximum absolute atomic E-state index is 14.4. The van der Waals surface area contributed by atoms with Crippen molar-refractivity contribution < 1.29 is 23.2 Å². The molecule has 1 unspecified atom stereocenters. The number of nitrogens with zero attached hydrogens (tertiary/aromatic N) is 1. The van der Waals surface area contributed by atoms with Gasteiger partial charge in [0, 0.05) is 10.9 Å². The van der Waals surface area contributed by atoms with Gasteiger partial charge >= 0.3 is 5.66 Å². The molecule has 0 bridgehead atoms. The number of nitrogens with two attached hydrogens (primary N) is 1. The average molecular weight is 422 g/mol. The van der Waals surface area contributed by atoms with Crippen molar-refractivity contribution in [3.05, 3.63) is 33.0 Å². The van der Waals surface area contributed by atoms with Crippen LogP contribution in [0.1, 0.15) is 27.2 Å². The van der Waals surface area contributed by atoms with Crippen LogP contribution in [-0.2, 0) is 5.66 Å². The Labute approximate surface area is 158 Å². The zero-order chi connectivity index (χ0) is 19.5. The van der Waals surface area contributed by atoms with Gasteiger partial charge in [-0.25, -0.2) is 0 Å². The van der Waals surface area contributed by atoms with Crippen molar-refractivity contribution in [2.75, 3.05) is 18.6 Å². The molecule has 2 aromatic rings. The fourth-order valence-corrected chi connectivity index (χ4v) is 4.72.